The predicted molar refractivity (Wildman–Crippen MR) is 255 cm³/mol. The highest BCUT2D eigenvalue weighted by atomic mass is 16.3. The van der Waals surface area contributed by atoms with Crippen LogP contribution >= 0.6 is 0 Å². The fourth-order valence-corrected chi connectivity index (χ4v) is 12.5. The molecule has 0 radical (unpaired) electrons. The summed E-state index contributed by atoms with van der Waals surface area (Å²) in [5, 5.41) is 2.41. The molecule has 0 saturated carbocycles. The van der Waals surface area contributed by atoms with Crippen molar-refractivity contribution < 1.29 is 4.42 Å². The normalized spacial score (nSPS) is 17.0. The second-order valence-electron chi connectivity index (χ2n) is 20.5. The second-order valence-corrected chi connectivity index (χ2v) is 20.5. The van der Waals surface area contributed by atoms with E-state index in [2.05, 4.69) is 201 Å². The van der Waals surface area contributed by atoms with Crippen LogP contribution in [0.25, 0.3) is 88.7 Å². The smallest absolute Gasteiger partial charge is 0.143 e. The molecule has 61 heavy (non-hydrogen) atoms. The molecule has 0 spiro atoms. The summed E-state index contributed by atoms with van der Waals surface area (Å²) in [7, 11) is 0. The minimum Gasteiger partial charge on any atom is -0.455 e. The first kappa shape index (κ1) is 35.3. The third-order valence-corrected chi connectivity index (χ3v) is 15.9. The third kappa shape index (κ3) is 4.32. The summed E-state index contributed by atoms with van der Waals surface area (Å²) in [4.78, 5) is 0. The SMILES string of the molecule is CC1(C)c2ccccc2-c2ccc(-c3ccc4c(c3)C(C)(C)c3cc5c(cc3-4)-c3c(cc(-c4ccc6c(c4)C(C)(C)c4ccccc4-6)c4oc6ccccc6c34)C5(C)C)cc21. The van der Waals surface area contributed by atoms with Crippen molar-refractivity contribution >= 4 is 21.9 Å². The number of rotatable bonds is 2. The van der Waals surface area contributed by atoms with Crippen LogP contribution in [0.4, 0.5) is 0 Å². The van der Waals surface area contributed by atoms with Gasteiger partial charge in [-0.25, -0.2) is 0 Å². The van der Waals surface area contributed by atoms with Crippen molar-refractivity contribution in [2.45, 2.75) is 77.0 Å². The molecule has 1 heterocycles. The van der Waals surface area contributed by atoms with Crippen molar-refractivity contribution in [3.8, 4) is 66.8 Å². The van der Waals surface area contributed by atoms with Crippen LogP contribution in [0.15, 0.2) is 150 Å². The third-order valence-electron chi connectivity index (χ3n) is 15.9. The van der Waals surface area contributed by atoms with Gasteiger partial charge in [0.1, 0.15) is 11.2 Å². The van der Waals surface area contributed by atoms with Gasteiger partial charge in [-0.3, -0.25) is 0 Å². The lowest BCUT2D eigenvalue weighted by molar-refractivity contribution is 0.639. The van der Waals surface area contributed by atoms with E-state index in [4.69, 9.17) is 4.42 Å². The predicted octanol–water partition coefficient (Wildman–Crippen LogP) is 16.1. The maximum atomic E-state index is 6.98. The molecular weight excluding hydrogens is 737 g/mol. The minimum absolute atomic E-state index is 0.0328. The summed E-state index contributed by atoms with van der Waals surface area (Å²) in [6.07, 6.45) is 0. The molecule has 1 nitrogen and oxygen atoms in total. The number of benzene rings is 8. The number of fused-ring (bicyclic) bond motifs is 16. The molecule has 13 rings (SSSR count). The maximum absolute atomic E-state index is 6.98. The second kappa shape index (κ2) is 11.3. The average Bonchev–Trinajstić information content (AvgIpc) is 3.96. The van der Waals surface area contributed by atoms with E-state index in [0.29, 0.717) is 0 Å². The lowest BCUT2D eigenvalue weighted by atomic mass is 9.77. The van der Waals surface area contributed by atoms with Gasteiger partial charge in [-0.15, -0.1) is 0 Å². The van der Waals surface area contributed by atoms with Crippen molar-refractivity contribution in [1.29, 1.82) is 0 Å². The van der Waals surface area contributed by atoms with Crippen LogP contribution in [-0.4, -0.2) is 0 Å². The van der Waals surface area contributed by atoms with Gasteiger partial charge in [0.25, 0.3) is 0 Å². The Labute approximate surface area is 358 Å². The Morgan fingerprint density at radius 1 is 0.311 bits per heavy atom. The summed E-state index contributed by atoms with van der Waals surface area (Å²) < 4.78 is 6.98. The van der Waals surface area contributed by atoms with Gasteiger partial charge in [-0.2, -0.15) is 0 Å². The highest BCUT2D eigenvalue weighted by molar-refractivity contribution is 6.19. The van der Waals surface area contributed by atoms with Gasteiger partial charge in [-0.1, -0.05) is 165 Å². The number of hydrogen-bond acceptors (Lipinski definition) is 1. The topological polar surface area (TPSA) is 13.1 Å². The summed E-state index contributed by atoms with van der Waals surface area (Å²) in [5.41, 5.74) is 28.3. The van der Waals surface area contributed by atoms with Crippen molar-refractivity contribution in [1.82, 2.24) is 0 Å². The van der Waals surface area contributed by atoms with E-state index < -0.39 is 0 Å². The minimum atomic E-state index is -0.224. The largest absolute Gasteiger partial charge is 0.455 e. The van der Waals surface area contributed by atoms with E-state index in [9.17, 15) is 0 Å². The maximum Gasteiger partial charge on any atom is 0.143 e. The summed E-state index contributed by atoms with van der Waals surface area (Å²) in [6, 6.07) is 55.6. The lowest BCUT2D eigenvalue weighted by Crippen LogP contribution is -2.19. The molecule has 0 fully saturated rings. The van der Waals surface area contributed by atoms with Crippen molar-refractivity contribution in [2.24, 2.45) is 0 Å². The number of furan rings is 1. The average molecular weight is 785 g/mol. The van der Waals surface area contributed by atoms with Crippen LogP contribution in [0, 0.1) is 0 Å². The van der Waals surface area contributed by atoms with Gasteiger partial charge >= 0.3 is 0 Å². The molecule has 0 N–H and O–H groups in total. The van der Waals surface area contributed by atoms with Crippen molar-refractivity contribution in [3.05, 3.63) is 190 Å². The van der Waals surface area contributed by atoms with Crippen LogP contribution in [-0.2, 0) is 21.7 Å². The Morgan fingerprint density at radius 3 is 1.38 bits per heavy atom. The van der Waals surface area contributed by atoms with Crippen LogP contribution < -0.4 is 0 Å². The van der Waals surface area contributed by atoms with Gasteiger partial charge in [0.15, 0.2) is 0 Å². The molecule has 0 atom stereocenters. The molecular formula is C60H48O. The first-order valence-corrected chi connectivity index (χ1v) is 22.1. The molecule has 9 aromatic rings. The molecule has 8 aromatic carbocycles. The summed E-state index contributed by atoms with van der Waals surface area (Å²) in [5.74, 6) is 0. The molecule has 1 heteroatoms. The fourth-order valence-electron chi connectivity index (χ4n) is 12.5. The van der Waals surface area contributed by atoms with E-state index >= 15 is 0 Å². The quantitative estimate of drug-likeness (QED) is 0.170. The molecule has 294 valence electrons. The standard InChI is InChI=1S/C60H48O/c1-57(2)45-18-12-9-15-36(45)38-24-21-33(27-47(38)57)34-22-25-40-43-30-44-51(32-50(43)59(5,6)48(40)28-34)60(7,8)52-31-42(56-55(54(44)52)41-17-11-14-20-53(41)61-56)35-23-26-39-37-16-10-13-19-46(37)58(3,4)49(39)29-35/h9-32H,1-8H3. The molecule has 0 bridgehead atoms. The molecule has 0 saturated heterocycles. The Morgan fingerprint density at radius 2 is 0.754 bits per heavy atom. The van der Waals surface area contributed by atoms with Gasteiger partial charge in [0, 0.05) is 38.0 Å². The Bertz CT molecular complexity index is 3470. The Balaban J connectivity index is 0.981. The molecule has 0 unspecified atom stereocenters. The van der Waals surface area contributed by atoms with E-state index in [1.165, 1.54) is 122 Å². The zero-order chi connectivity index (χ0) is 41.5. The Kier molecular flexibility index (Phi) is 6.53. The Hall–Kier alpha value is -6.44. The first-order chi connectivity index (χ1) is 29.3. The van der Waals surface area contributed by atoms with Crippen LogP contribution in [0.2, 0.25) is 0 Å². The molecule has 0 amide bonds. The van der Waals surface area contributed by atoms with Crippen LogP contribution in [0.3, 0.4) is 0 Å². The molecule has 0 aliphatic heterocycles. The zero-order valence-corrected chi connectivity index (χ0v) is 36.3. The van der Waals surface area contributed by atoms with Gasteiger partial charge in [0.2, 0.25) is 0 Å². The van der Waals surface area contributed by atoms with Crippen LogP contribution in [0.5, 0.6) is 0 Å². The van der Waals surface area contributed by atoms with E-state index in [-0.39, 0.29) is 21.7 Å². The van der Waals surface area contributed by atoms with Gasteiger partial charge in [-0.05, 0) is 142 Å². The summed E-state index contributed by atoms with van der Waals surface area (Å²) in [6.45, 7) is 19.2. The van der Waals surface area contributed by atoms with Crippen LogP contribution in [0.1, 0.15) is 99.9 Å². The van der Waals surface area contributed by atoms with Crippen molar-refractivity contribution in [3.63, 3.8) is 0 Å². The highest BCUT2D eigenvalue weighted by Gasteiger charge is 2.44. The van der Waals surface area contributed by atoms with Gasteiger partial charge in [0.05, 0.1) is 0 Å². The van der Waals surface area contributed by atoms with E-state index in [1.54, 1.807) is 0 Å². The monoisotopic (exact) mass is 784 g/mol. The molecule has 4 aliphatic rings. The molecule has 1 aromatic heterocycles. The first-order valence-electron chi connectivity index (χ1n) is 22.1. The zero-order valence-electron chi connectivity index (χ0n) is 36.3. The van der Waals surface area contributed by atoms with E-state index in [0.717, 1.165) is 11.2 Å². The molecule has 4 aliphatic carbocycles. The summed E-state index contributed by atoms with van der Waals surface area (Å²) >= 11 is 0. The number of hydrogen-bond donors (Lipinski definition) is 0. The van der Waals surface area contributed by atoms with Crippen molar-refractivity contribution in [2.75, 3.05) is 0 Å². The van der Waals surface area contributed by atoms with Gasteiger partial charge < -0.3 is 4.42 Å². The highest BCUT2D eigenvalue weighted by Crippen LogP contribution is 2.60. The lowest BCUT2D eigenvalue weighted by Gasteiger charge is -2.26. The van der Waals surface area contributed by atoms with E-state index in [1.807, 2.05) is 0 Å². The number of para-hydroxylation sites is 1. The fraction of sp³-hybridized carbons (Fsp3) is 0.200.